The molecule has 176 valence electrons. The van der Waals surface area contributed by atoms with Crippen molar-refractivity contribution in [3.8, 4) is 11.4 Å². The second-order valence-corrected chi connectivity index (χ2v) is 8.91. The number of nitrogens with one attached hydrogen (secondary N) is 1. The zero-order chi connectivity index (χ0) is 23.9. The van der Waals surface area contributed by atoms with E-state index in [0.29, 0.717) is 35.5 Å². The van der Waals surface area contributed by atoms with Crippen LogP contribution in [0.2, 0.25) is 5.02 Å². The number of nitrogens with zero attached hydrogens (tertiary/aromatic N) is 2. The predicted octanol–water partition coefficient (Wildman–Crippen LogP) is 4.79. The van der Waals surface area contributed by atoms with Crippen molar-refractivity contribution in [1.82, 2.24) is 14.8 Å². The standard InChI is InChI=1S/C23H24ClF2N3O4/c1-13-10-16(14(2)29(13)15-6-7-19(17(24)11-15)33-21(25)26)18(30)12-28-20(31)23(27-22(28)32)8-4-3-5-9-23/h6-7,10-11,21H,3-5,8-9,12H2,1-2H3,(H,27,32). The lowest BCUT2D eigenvalue weighted by Crippen LogP contribution is -2.48. The molecular weight excluding hydrogens is 456 g/mol. The summed E-state index contributed by atoms with van der Waals surface area (Å²) in [4.78, 5) is 39.6. The number of aromatic nitrogens is 1. The third kappa shape index (κ3) is 4.21. The summed E-state index contributed by atoms with van der Waals surface area (Å²) in [5, 5.41) is 2.81. The molecule has 1 spiro atoms. The molecule has 33 heavy (non-hydrogen) atoms. The molecule has 0 bridgehead atoms. The maximum absolute atomic E-state index is 13.1. The number of amides is 3. The molecule has 3 amide bonds. The maximum Gasteiger partial charge on any atom is 0.387 e. The highest BCUT2D eigenvalue weighted by Crippen LogP contribution is 2.34. The van der Waals surface area contributed by atoms with Crippen molar-refractivity contribution in [2.75, 3.05) is 6.54 Å². The molecule has 7 nitrogen and oxygen atoms in total. The van der Waals surface area contributed by atoms with Gasteiger partial charge in [0.2, 0.25) is 0 Å². The van der Waals surface area contributed by atoms with Gasteiger partial charge < -0.3 is 14.6 Å². The number of carbonyl (C=O) groups excluding carboxylic acids is 3. The van der Waals surface area contributed by atoms with E-state index >= 15 is 0 Å². The Morgan fingerprint density at radius 2 is 1.88 bits per heavy atom. The van der Waals surface area contributed by atoms with Crippen LogP contribution in [-0.2, 0) is 4.79 Å². The van der Waals surface area contributed by atoms with Gasteiger partial charge >= 0.3 is 12.6 Å². The molecule has 1 N–H and O–H groups in total. The van der Waals surface area contributed by atoms with Crippen LogP contribution in [0.4, 0.5) is 13.6 Å². The number of imide groups is 1. The maximum atomic E-state index is 13.1. The van der Waals surface area contributed by atoms with Crippen LogP contribution in [0, 0.1) is 13.8 Å². The first-order valence-corrected chi connectivity index (χ1v) is 11.1. The van der Waals surface area contributed by atoms with E-state index in [1.54, 1.807) is 30.5 Å². The Bertz CT molecular complexity index is 1130. The van der Waals surface area contributed by atoms with Crippen molar-refractivity contribution in [3.05, 3.63) is 46.2 Å². The number of hydrogen-bond donors (Lipinski definition) is 1. The van der Waals surface area contributed by atoms with E-state index in [0.717, 1.165) is 24.2 Å². The Labute approximate surface area is 194 Å². The van der Waals surface area contributed by atoms with Crippen molar-refractivity contribution < 1.29 is 27.9 Å². The molecule has 1 saturated carbocycles. The molecule has 1 aromatic carbocycles. The van der Waals surface area contributed by atoms with Gasteiger partial charge in [-0.05, 0) is 51.0 Å². The second kappa shape index (κ2) is 8.78. The molecule has 2 fully saturated rings. The summed E-state index contributed by atoms with van der Waals surface area (Å²) < 4.78 is 31.1. The summed E-state index contributed by atoms with van der Waals surface area (Å²) in [6.07, 6.45) is 3.91. The molecule has 0 unspecified atom stereocenters. The van der Waals surface area contributed by atoms with Gasteiger partial charge in [-0.1, -0.05) is 30.9 Å². The zero-order valence-corrected chi connectivity index (χ0v) is 19.0. The summed E-state index contributed by atoms with van der Waals surface area (Å²) >= 11 is 6.09. The van der Waals surface area contributed by atoms with Crippen LogP contribution < -0.4 is 10.1 Å². The Morgan fingerprint density at radius 1 is 1.18 bits per heavy atom. The number of urea groups is 1. The number of ether oxygens (including phenoxy) is 1. The van der Waals surface area contributed by atoms with Crippen molar-refractivity contribution in [2.45, 2.75) is 58.1 Å². The lowest BCUT2D eigenvalue weighted by atomic mass is 9.82. The number of halogens is 3. The number of alkyl halides is 2. The number of carbonyl (C=O) groups is 3. The number of hydrogen-bond acceptors (Lipinski definition) is 4. The van der Waals surface area contributed by atoms with Crippen molar-refractivity contribution in [2.24, 2.45) is 0 Å². The summed E-state index contributed by atoms with van der Waals surface area (Å²) in [6.45, 7) is 0.169. The number of rotatable bonds is 6. The Kier molecular flexibility index (Phi) is 6.18. The summed E-state index contributed by atoms with van der Waals surface area (Å²) in [5.41, 5.74) is 1.32. The lowest BCUT2D eigenvalue weighted by molar-refractivity contribution is -0.132. The second-order valence-electron chi connectivity index (χ2n) is 8.50. The van der Waals surface area contributed by atoms with Gasteiger partial charge in [0.1, 0.15) is 11.3 Å². The fourth-order valence-corrected chi connectivity index (χ4v) is 5.02. The number of benzene rings is 1. The highest BCUT2D eigenvalue weighted by Gasteiger charge is 2.51. The van der Waals surface area contributed by atoms with E-state index in [1.807, 2.05) is 0 Å². The average molecular weight is 480 g/mol. The van der Waals surface area contributed by atoms with Gasteiger partial charge in [0, 0.05) is 22.6 Å². The molecule has 2 aliphatic rings. The van der Waals surface area contributed by atoms with Gasteiger partial charge in [-0.25, -0.2) is 4.79 Å². The largest absolute Gasteiger partial charge is 0.433 e. The van der Waals surface area contributed by atoms with Crippen LogP contribution in [0.25, 0.3) is 5.69 Å². The monoisotopic (exact) mass is 479 g/mol. The van der Waals surface area contributed by atoms with Crippen molar-refractivity contribution >= 4 is 29.3 Å². The summed E-state index contributed by atoms with van der Waals surface area (Å²) in [6, 6.07) is 5.50. The van der Waals surface area contributed by atoms with Crippen LogP contribution in [0.3, 0.4) is 0 Å². The minimum atomic E-state index is -2.99. The molecular formula is C23H24ClF2N3O4. The summed E-state index contributed by atoms with van der Waals surface area (Å²) in [5.74, 6) is -0.852. The van der Waals surface area contributed by atoms with E-state index < -0.39 is 18.2 Å². The molecule has 0 radical (unpaired) electrons. The van der Waals surface area contributed by atoms with Crippen LogP contribution in [0.1, 0.15) is 53.8 Å². The highest BCUT2D eigenvalue weighted by molar-refractivity contribution is 6.32. The van der Waals surface area contributed by atoms with E-state index in [9.17, 15) is 23.2 Å². The van der Waals surface area contributed by atoms with Crippen LogP contribution in [-0.4, -0.2) is 45.9 Å². The Morgan fingerprint density at radius 3 is 2.52 bits per heavy atom. The van der Waals surface area contributed by atoms with Gasteiger partial charge in [0.15, 0.2) is 5.78 Å². The third-order valence-electron chi connectivity index (χ3n) is 6.38. The molecule has 2 heterocycles. The van der Waals surface area contributed by atoms with E-state index in [-0.39, 0.29) is 29.0 Å². The zero-order valence-electron chi connectivity index (χ0n) is 18.3. The van der Waals surface area contributed by atoms with Gasteiger partial charge in [-0.3, -0.25) is 14.5 Å². The van der Waals surface area contributed by atoms with Gasteiger partial charge in [-0.2, -0.15) is 8.78 Å². The van der Waals surface area contributed by atoms with E-state index in [4.69, 9.17) is 11.6 Å². The Balaban J connectivity index is 1.57. The molecule has 1 aromatic heterocycles. The quantitative estimate of drug-likeness (QED) is 0.477. The van der Waals surface area contributed by atoms with E-state index in [1.165, 1.54) is 12.1 Å². The normalized spacial score (nSPS) is 17.7. The molecule has 10 heteroatoms. The fourth-order valence-electron chi connectivity index (χ4n) is 4.81. The first-order chi connectivity index (χ1) is 15.6. The first kappa shape index (κ1) is 23.2. The average Bonchev–Trinajstić information content (AvgIpc) is 3.17. The molecule has 1 aliphatic carbocycles. The molecule has 4 rings (SSSR count). The minimum absolute atomic E-state index is 0.00490. The number of aryl methyl sites for hydroxylation is 1. The topological polar surface area (TPSA) is 80.6 Å². The van der Waals surface area contributed by atoms with Crippen LogP contribution in [0.15, 0.2) is 24.3 Å². The number of Topliss-reactive ketones (excluding diaryl/α,β-unsaturated/α-hetero) is 1. The van der Waals surface area contributed by atoms with E-state index in [2.05, 4.69) is 10.1 Å². The van der Waals surface area contributed by atoms with Gasteiger partial charge in [-0.15, -0.1) is 0 Å². The predicted molar refractivity (Wildman–Crippen MR) is 117 cm³/mol. The smallest absolute Gasteiger partial charge is 0.387 e. The van der Waals surface area contributed by atoms with Gasteiger partial charge in [0.05, 0.1) is 11.6 Å². The van der Waals surface area contributed by atoms with Crippen molar-refractivity contribution in [3.63, 3.8) is 0 Å². The van der Waals surface area contributed by atoms with Crippen LogP contribution in [0.5, 0.6) is 5.75 Å². The SMILES string of the molecule is Cc1cc(C(=O)CN2C(=O)NC3(CCCCC3)C2=O)c(C)n1-c1ccc(OC(F)F)c(Cl)c1. The highest BCUT2D eigenvalue weighted by atomic mass is 35.5. The minimum Gasteiger partial charge on any atom is -0.433 e. The first-order valence-electron chi connectivity index (χ1n) is 10.7. The molecule has 2 aromatic rings. The molecule has 1 aliphatic heterocycles. The number of ketones is 1. The third-order valence-corrected chi connectivity index (χ3v) is 6.67. The van der Waals surface area contributed by atoms with Gasteiger partial charge in [0.25, 0.3) is 5.91 Å². The fraction of sp³-hybridized carbons (Fsp3) is 0.435. The van der Waals surface area contributed by atoms with Crippen LogP contribution >= 0.6 is 11.6 Å². The van der Waals surface area contributed by atoms with Crippen molar-refractivity contribution in [1.29, 1.82) is 0 Å². The lowest BCUT2D eigenvalue weighted by Gasteiger charge is -2.30. The Hall–Kier alpha value is -2.94. The molecule has 1 saturated heterocycles. The molecule has 0 atom stereocenters. The summed E-state index contributed by atoms with van der Waals surface area (Å²) in [7, 11) is 0.